The Morgan fingerprint density at radius 2 is 1.21 bits per heavy atom. The summed E-state index contributed by atoms with van der Waals surface area (Å²) in [6.07, 6.45) is -7.93. The minimum atomic E-state index is -1.76. The number of rotatable bonds is 27. The molecule has 2 amide bonds. The first-order valence-corrected chi connectivity index (χ1v) is 19.5. The van der Waals surface area contributed by atoms with E-state index in [1.165, 1.54) is 12.1 Å². The molecule has 0 aromatic heterocycles. The Hall–Kier alpha value is -3.59. The van der Waals surface area contributed by atoms with Crippen LogP contribution in [0.15, 0.2) is 18.2 Å². The van der Waals surface area contributed by atoms with Crippen LogP contribution >= 0.6 is 0 Å². The van der Waals surface area contributed by atoms with Crippen LogP contribution in [0.1, 0.15) is 73.3 Å². The lowest BCUT2D eigenvalue weighted by Crippen LogP contribution is -2.60. The van der Waals surface area contributed by atoms with Crippen molar-refractivity contribution in [3.8, 4) is 5.75 Å². The lowest BCUT2D eigenvalue weighted by Gasteiger charge is -2.39. The zero-order valence-electron chi connectivity index (χ0n) is 34.9. The van der Waals surface area contributed by atoms with Gasteiger partial charge in [-0.1, -0.05) is 26.8 Å². The highest BCUT2D eigenvalue weighted by Gasteiger charge is 2.47. The molecular weight excluding hydrogens is 764 g/mol. The third-order valence-corrected chi connectivity index (χ3v) is 8.46. The molecule has 18 nitrogen and oxygen atoms in total. The van der Waals surface area contributed by atoms with Gasteiger partial charge in [-0.25, -0.2) is 0 Å². The summed E-state index contributed by atoms with van der Waals surface area (Å²) in [5.74, 6) is -1.75. The molecule has 2 rings (SSSR count). The number of anilines is 1. The monoisotopic (exact) mass is 828 g/mol. The maximum absolute atomic E-state index is 12.9. The van der Waals surface area contributed by atoms with Crippen LogP contribution in [0.2, 0.25) is 0 Å². The highest BCUT2D eigenvalue weighted by atomic mass is 16.7. The fourth-order valence-corrected chi connectivity index (χ4v) is 4.94. The molecule has 1 aromatic carbocycles. The van der Waals surface area contributed by atoms with Gasteiger partial charge in [-0.2, -0.15) is 0 Å². The zero-order chi connectivity index (χ0) is 43.3. The Balaban J connectivity index is 1.67. The van der Waals surface area contributed by atoms with Crippen LogP contribution in [0.3, 0.4) is 0 Å². The normalized spacial score (nSPS) is 19.7. The standard InChI is InChI=1S/C40H64N2O16/c1-26(43)36-34(48)33(47)35(49)37(58-36)57-29-9-8-27(25-56-38(50)40(5,6)7)24-28(29)42-32(46)10-13-41-31(45)12-15-52-17-19-54-21-23-55-22-20-53-18-16-51-14-11-30(44)39(2,3)4/h8-9,24,33-37,47-49H,10-23,25H2,1-7H3,(H,41,45)(H,42,46)/t33-,34-,35+,36+,37+/m0/s1. The molecular formula is C40H64N2O16. The van der Waals surface area contributed by atoms with E-state index in [1.54, 1.807) is 26.8 Å². The quantitative estimate of drug-likeness (QED) is 0.0623. The summed E-state index contributed by atoms with van der Waals surface area (Å²) >= 11 is 0. The number of amides is 2. The Kier molecular flexibility index (Phi) is 22.5. The summed E-state index contributed by atoms with van der Waals surface area (Å²) in [5, 5.41) is 36.3. The molecule has 18 heteroatoms. The summed E-state index contributed by atoms with van der Waals surface area (Å²) in [7, 11) is 0. The highest BCUT2D eigenvalue weighted by molar-refractivity contribution is 5.93. The number of esters is 1. The fraction of sp³-hybridized carbons (Fsp3) is 0.725. The van der Waals surface area contributed by atoms with Crippen LogP contribution in [0.5, 0.6) is 5.75 Å². The predicted octanol–water partition coefficient (Wildman–Crippen LogP) is 1.47. The van der Waals surface area contributed by atoms with Crippen molar-refractivity contribution in [2.75, 3.05) is 77.9 Å². The molecule has 1 aliphatic heterocycles. The van der Waals surface area contributed by atoms with E-state index in [0.29, 0.717) is 64.8 Å². The van der Waals surface area contributed by atoms with Crippen LogP contribution in [0, 0.1) is 10.8 Å². The minimum absolute atomic E-state index is 0.000319. The first kappa shape index (κ1) is 50.6. The number of ether oxygens (including phenoxy) is 8. The van der Waals surface area contributed by atoms with Gasteiger partial charge >= 0.3 is 5.97 Å². The first-order valence-electron chi connectivity index (χ1n) is 19.5. The van der Waals surface area contributed by atoms with Gasteiger partial charge in [0.05, 0.1) is 77.2 Å². The van der Waals surface area contributed by atoms with Crippen LogP contribution in [0.25, 0.3) is 0 Å². The number of aliphatic hydroxyl groups is 3. The van der Waals surface area contributed by atoms with Crippen molar-refractivity contribution in [1.29, 1.82) is 0 Å². The number of carbonyl (C=O) groups is 5. The van der Waals surface area contributed by atoms with Gasteiger partial charge in [-0.05, 0) is 45.4 Å². The Morgan fingerprint density at radius 1 is 0.672 bits per heavy atom. The van der Waals surface area contributed by atoms with Crippen LogP contribution in [-0.4, -0.2) is 148 Å². The molecule has 5 N–H and O–H groups in total. The number of aliphatic hydroxyl groups excluding tert-OH is 3. The van der Waals surface area contributed by atoms with E-state index in [2.05, 4.69) is 10.6 Å². The highest BCUT2D eigenvalue weighted by Crippen LogP contribution is 2.31. The second kappa shape index (κ2) is 25.8. The maximum atomic E-state index is 12.9. The Labute approximate surface area is 340 Å². The molecule has 1 aromatic rings. The molecule has 1 heterocycles. The van der Waals surface area contributed by atoms with Crippen molar-refractivity contribution in [3.63, 3.8) is 0 Å². The number of nitrogens with one attached hydrogen (secondary N) is 2. The van der Waals surface area contributed by atoms with E-state index in [0.717, 1.165) is 6.92 Å². The van der Waals surface area contributed by atoms with Gasteiger partial charge in [0, 0.05) is 31.2 Å². The fourth-order valence-electron chi connectivity index (χ4n) is 4.94. The van der Waals surface area contributed by atoms with E-state index in [4.69, 9.17) is 37.9 Å². The third-order valence-electron chi connectivity index (χ3n) is 8.46. The van der Waals surface area contributed by atoms with Crippen molar-refractivity contribution in [3.05, 3.63) is 23.8 Å². The zero-order valence-corrected chi connectivity index (χ0v) is 34.9. The van der Waals surface area contributed by atoms with Crippen molar-refractivity contribution >= 4 is 35.0 Å². The largest absolute Gasteiger partial charge is 0.460 e. The average Bonchev–Trinajstić information content (AvgIpc) is 3.14. The number of hydrogen-bond donors (Lipinski definition) is 5. The Bertz CT molecular complexity index is 1440. The van der Waals surface area contributed by atoms with E-state index in [1.807, 2.05) is 20.8 Å². The minimum Gasteiger partial charge on any atom is -0.460 e. The SMILES string of the molecule is CC(=O)[C@H]1O[C@@H](Oc2ccc(COC(=O)C(C)(C)C)cc2NC(=O)CCNC(=O)CCOCCOCCOCCOCCOCCC(=O)C(C)(C)C)[C@H](O)[C@@H](O)[C@@H]1O. The molecule has 1 aliphatic rings. The van der Waals surface area contributed by atoms with Gasteiger partial charge in [0.25, 0.3) is 0 Å². The second-order valence-electron chi connectivity index (χ2n) is 15.7. The van der Waals surface area contributed by atoms with Crippen molar-refractivity contribution in [2.45, 2.75) is 105 Å². The molecule has 0 saturated carbocycles. The first-order chi connectivity index (χ1) is 27.3. The average molecular weight is 829 g/mol. The predicted molar refractivity (Wildman–Crippen MR) is 208 cm³/mol. The topological polar surface area (TPSA) is 244 Å². The number of ketones is 2. The summed E-state index contributed by atoms with van der Waals surface area (Å²) in [5.41, 5.74) is -0.533. The van der Waals surface area contributed by atoms with Gasteiger partial charge < -0.3 is 63.8 Å². The van der Waals surface area contributed by atoms with Crippen molar-refractivity contribution < 1.29 is 77.2 Å². The van der Waals surface area contributed by atoms with E-state index in [-0.39, 0.29) is 67.7 Å². The summed E-state index contributed by atoms with van der Waals surface area (Å²) in [6.45, 7) is 15.3. The molecule has 330 valence electrons. The van der Waals surface area contributed by atoms with Gasteiger partial charge in [0.15, 0.2) is 5.78 Å². The van der Waals surface area contributed by atoms with Gasteiger partial charge in [0.1, 0.15) is 42.6 Å². The maximum Gasteiger partial charge on any atom is 0.311 e. The number of hydrogen-bond acceptors (Lipinski definition) is 16. The molecule has 5 atom stereocenters. The number of carbonyl (C=O) groups excluding carboxylic acids is 5. The third kappa shape index (κ3) is 19.4. The number of Topliss-reactive ketones (excluding diaryl/α,β-unsaturated/α-hetero) is 2. The summed E-state index contributed by atoms with van der Waals surface area (Å²) in [6, 6.07) is 4.45. The van der Waals surface area contributed by atoms with E-state index in [9.17, 15) is 39.3 Å². The van der Waals surface area contributed by atoms with Gasteiger partial charge in [-0.15, -0.1) is 0 Å². The molecule has 1 saturated heterocycles. The molecule has 0 radical (unpaired) electrons. The van der Waals surface area contributed by atoms with Crippen LogP contribution in [-0.2, 0) is 63.7 Å². The molecule has 0 bridgehead atoms. The van der Waals surface area contributed by atoms with Crippen molar-refractivity contribution in [2.24, 2.45) is 10.8 Å². The summed E-state index contributed by atoms with van der Waals surface area (Å²) < 4.78 is 43.8. The molecule has 0 aliphatic carbocycles. The smallest absolute Gasteiger partial charge is 0.311 e. The van der Waals surface area contributed by atoms with Crippen molar-refractivity contribution in [1.82, 2.24) is 5.32 Å². The molecule has 1 fully saturated rings. The molecule has 0 unspecified atom stereocenters. The molecule has 0 spiro atoms. The Morgan fingerprint density at radius 3 is 1.72 bits per heavy atom. The molecule has 58 heavy (non-hydrogen) atoms. The summed E-state index contributed by atoms with van der Waals surface area (Å²) in [4.78, 5) is 61.4. The number of benzene rings is 1. The van der Waals surface area contributed by atoms with E-state index >= 15 is 0 Å². The van der Waals surface area contributed by atoms with Crippen LogP contribution < -0.4 is 15.4 Å². The second-order valence-corrected chi connectivity index (χ2v) is 15.7. The van der Waals surface area contributed by atoms with Crippen LogP contribution in [0.4, 0.5) is 5.69 Å². The lowest BCUT2D eigenvalue weighted by atomic mass is 9.89. The van der Waals surface area contributed by atoms with Gasteiger partial charge in [-0.3, -0.25) is 24.0 Å². The van der Waals surface area contributed by atoms with E-state index < -0.39 is 53.8 Å². The lowest BCUT2D eigenvalue weighted by molar-refractivity contribution is -0.265. The van der Waals surface area contributed by atoms with Gasteiger partial charge in [0.2, 0.25) is 18.1 Å².